The number of hydrogen-bond donors (Lipinski definition) is 1. The van der Waals surface area contributed by atoms with Crippen LogP contribution in [-0.4, -0.2) is 51.4 Å². The molecule has 27 heavy (non-hydrogen) atoms. The summed E-state index contributed by atoms with van der Waals surface area (Å²) in [4.78, 5) is 22.1. The van der Waals surface area contributed by atoms with Gasteiger partial charge in [0.15, 0.2) is 5.76 Å². The molecule has 3 rings (SSSR count). The van der Waals surface area contributed by atoms with Gasteiger partial charge >= 0.3 is 6.09 Å². The second-order valence-corrected chi connectivity index (χ2v) is 6.80. The summed E-state index contributed by atoms with van der Waals surface area (Å²) in [5, 5.41) is 7.09. The van der Waals surface area contributed by atoms with E-state index in [1.54, 1.807) is 11.0 Å². The lowest BCUT2D eigenvalue weighted by atomic mass is 10.1. The lowest BCUT2D eigenvalue weighted by Gasteiger charge is -2.31. The van der Waals surface area contributed by atoms with Crippen molar-refractivity contribution in [2.75, 3.05) is 18.4 Å². The largest absolute Gasteiger partial charge is 0.474 e. The molecule has 0 spiro atoms. The number of likely N-dealkylation sites (tertiary alicyclic amines) is 1. The molecule has 0 aliphatic carbocycles. The molecule has 1 aliphatic heterocycles. The summed E-state index contributed by atoms with van der Waals surface area (Å²) in [6, 6.07) is 1.74. The van der Waals surface area contributed by atoms with Crippen molar-refractivity contribution >= 4 is 17.6 Å². The Labute approximate surface area is 158 Å². The molecule has 146 valence electrons. The van der Waals surface area contributed by atoms with Crippen molar-refractivity contribution in [1.29, 1.82) is 0 Å². The van der Waals surface area contributed by atoms with Gasteiger partial charge in [-0.1, -0.05) is 5.16 Å². The molecular weight excluding hydrogens is 350 g/mol. The fourth-order valence-electron chi connectivity index (χ4n) is 2.86. The number of nitrogens with zero attached hydrogens (tertiary/aromatic N) is 4. The average Bonchev–Trinajstić information content (AvgIpc) is 2.94. The van der Waals surface area contributed by atoms with Gasteiger partial charge in [-0.25, -0.2) is 14.8 Å². The molecule has 1 N–H and O–H groups in total. The van der Waals surface area contributed by atoms with Gasteiger partial charge in [-0.15, -0.1) is 0 Å². The molecule has 1 fully saturated rings. The van der Waals surface area contributed by atoms with Crippen molar-refractivity contribution in [3.63, 3.8) is 0 Å². The summed E-state index contributed by atoms with van der Waals surface area (Å²) >= 11 is 0. The topological polar surface area (TPSA) is 103 Å². The fourth-order valence-corrected chi connectivity index (χ4v) is 2.86. The quantitative estimate of drug-likeness (QED) is 0.850. The Morgan fingerprint density at radius 3 is 2.67 bits per heavy atom. The van der Waals surface area contributed by atoms with Crippen LogP contribution < -0.4 is 10.1 Å². The summed E-state index contributed by atoms with van der Waals surface area (Å²) in [6.07, 6.45) is 2.51. The minimum absolute atomic E-state index is 0.00471. The van der Waals surface area contributed by atoms with Gasteiger partial charge in [-0.2, -0.15) is 0 Å². The first kappa shape index (κ1) is 18.9. The second kappa shape index (κ2) is 8.24. The van der Waals surface area contributed by atoms with Crippen LogP contribution in [0, 0.1) is 13.8 Å². The van der Waals surface area contributed by atoms with Gasteiger partial charge in [-0.3, -0.25) is 0 Å². The molecule has 9 nitrogen and oxygen atoms in total. The van der Waals surface area contributed by atoms with E-state index >= 15 is 0 Å². The van der Waals surface area contributed by atoms with Gasteiger partial charge in [0.05, 0.1) is 6.10 Å². The number of nitrogens with one attached hydrogen (secondary N) is 1. The number of ether oxygens (including phenoxy) is 2. The Bertz CT molecular complexity index is 764. The number of anilines is 2. The summed E-state index contributed by atoms with van der Waals surface area (Å²) < 4.78 is 16.4. The van der Waals surface area contributed by atoms with Crippen LogP contribution in [0.15, 0.2) is 16.9 Å². The third kappa shape index (κ3) is 4.87. The minimum atomic E-state index is -0.267. The van der Waals surface area contributed by atoms with Gasteiger partial charge < -0.3 is 24.2 Å². The Morgan fingerprint density at radius 1 is 1.30 bits per heavy atom. The highest BCUT2D eigenvalue weighted by Crippen LogP contribution is 2.25. The molecule has 2 aromatic rings. The summed E-state index contributed by atoms with van der Waals surface area (Å²) in [6.45, 7) is 8.58. The molecular formula is C18H25N5O4. The molecule has 1 aliphatic rings. The van der Waals surface area contributed by atoms with Gasteiger partial charge in [0.2, 0.25) is 5.88 Å². The number of amides is 1. The van der Waals surface area contributed by atoms with E-state index in [9.17, 15) is 4.79 Å². The fraction of sp³-hybridized carbons (Fsp3) is 0.556. The summed E-state index contributed by atoms with van der Waals surface area (Å²) in [7, 11) is 0. The van der Waals surface area contributed by atoms with Crippen molar-refractivity contribution in [2.24, 2.45) is 0 Å². The van der Waals surface area contributed by atoms with E-state index in [1.807, 2.05) is 27.7 Å². The van der Waals surface area contributed by atoms with E-state index in [0.717, 1.165) is 24.2 Å². The third-order valence-corrected chi connectivity index (χ3v) is 4.25. The van der Waals surface area contributed by atoms with Gasteiger partial charge in [0.1, 0.15) is 29.6 Å². The van der Waals surface area contributed by atoms with Crippen LogP contribution in [-0.2, 0) is 4.74 Å². The van der Waals surface area contributed by atoms with E-state index in [4.69, 9.17) is 14.0 Å². The van der Waals surface area contributed by atoms with E-state index in [1.165, 1.54) is 6.33 Å². The van der Waals surface area contributed by atoms with Crippen LogP contribution in [0.5, 0.6) is 5.88 Å². The molecule has 0 saturated carbocycles. The molecule has 2 aromatic heterocycles. The van der Waals surface area contributed by atoms with Crippen LogP contribution in [0.3, 0.4) is 0 Å². The van der Waals surface area contributed by atoms with E-state index in [0.29, 0.717) is 30.5 Å². The van der Waals surface area contributed by atoms with Crippen LogP contribution >= 0.6 is 0 Å². The Balaban J connectivity index is 1.55. The number of hydrogen-bond acceptors (Lipinski definition) is 8. The van der Waals surface area contributed by atoms with Crippen molar-refractivity contribution in [2.45, 2.75) is 52.7 Å². The lowest BCUT2D eigenvalue weighted by molar-refractivity contribution is 0.0507. The lowest BCUT2D eigenvalue weighted by Crippen LogP contribution is -2.42. The van der Waals surface area contributed by atoms with E-state index in [2.05, 4.69) is 20.4 Å². The van der Waals surface area contributed by atoms with Crippen molar-refractivity contribution < 1.29 is 18.8 Å². The first-order valence-corrected chi connectivity index (χ1v) is 9.06. The molecule has 1 saturated heterocycles. The smallest absolute Gasteiger partial charge is 0.410 e. The van der Waals surface area contributed by atoms with Crippen LogP contribution in [0.2, 0.25) is 0 Å². The Hall–Kier alpha value is -2.84. The third-order valence-electron chi connectivity index (χ3n) is 4.25. The highest BCUT2D eigenvalue weighted by molar-refractivity contribution is 5.67. The molecule has 3 heterocycles. The maximum absolute atomic E-state index is 11.9. The predicted molar refractivity (Wildman–Crippen MR) is 98.1 cm³/mol. The number of rotatable bonds is 5. The van der Waals surface area contributed by atoms with Crippen molar-refractivity contribution in [1.82, 2.24) is 20.0 Å². The zero-order chi connectivity index (χ0) is 19.4. The van der Waals surface area contributed by atoms with Gasteiger partial charge in [0.25, 0.3) is 0 Å². The maximum atomic E-state index is 11.9. The maximum Gasteiger partial charge on any atom is 0.410 e. The van der Waals surface area contributed by atoms with Crippen LogP contribution in [0.4, 0.5) is 16.3 Å². The summed E-state index contributed by atoms with van der Waals surface area (Å²) in [5.41, 5.74) is 1.55. The first-order chi connectivity index (χ1) is 12.9. The molecule has 0 radical (unpaired) electrons. The predicted octanol–water partition coefficient (Wildman–Crippen LogP) is 3.21. The number of carbonyl (C=O) groups excluding carboxylic acids is 1. The molecule has 9 heteroatoms. The average molecular weight is 375 g/mol. The number of aromatic nitrogens is 3. The van der Waals surface area contributed by atoms with Crippen molar-refractivity contribution in [3.8, 4) is 5.88 Å². The number of piperidine rings is 1. The first-order valence-electron chi connectivity index (χ1n) is 9.06. The van der Waals surface area contributed by atoms with Gasteiger partial charge in [-0.05, 0) is 27.7 Å². The van der Waals surface area contributed by atoms with Gasteiger partial charge in [0, 0.05) is 32.0 Å². The Kier molecular flexibility index (Phi) is 5.78. The van der Waals surface area contributed by atoms with Crippen molar-refractivity contribution in [3.05, 3.63) is 23.8 Å². The minimum Gasteiger partial charge on any atom is -0.474 e. The molecule has 0 bridgehead atoms. The van der Waals surface area contributed by atoms with Crippen LogP contribution in [0.1, 0.15) is 38.1 Å². The highest BCUT2D eigenvalue weighted by Gasteiger charge is 2.25. The Morgan fingerprint density at radius 2 is 2.04 bits per heavy atom. The molecule has 0 atom stereocenters. The molecule has 1 amide bonds. The number of carbonyl (C=O) groups is 1. The SMILES string of the molecule is Cc1noc(C)c1Nc1cc(OC2CCN(C(=O)OC(C)C)CC2)ncn1. The second-order valence-electron chi connectivity index (χ2n) is 6.80. The monoisotopic (exact) mass is 375 g/mol. The molecule has 0 aromatic carbocycles. The van der Waals surface area contributed by atoms with E-state index in [-0.39, 0.29) is 18.3 Å². The standard InChI is InChI=1S/C18H25N5O4/c1-11(2)25-18(24)23-7-5-14(6-8-23)26-16-9-15(19-10-20-16)21-17-12(3)22-27-13(17)4/h9-11,14H,5-8H2,1-4H3,(H,19,20,21). The van der Waals surface area contributed by atoms with E-state index < -0.39 is 0 Å². The molecule has 0 unspecified atom stereocenters. The normalized spacial score (nSPS) is 15.1. The highest BCUT2D eigenvalue weighted by atomic mass is 16.6. The zero-order valence-corrected chi connectivity index (χ0v) is 16.1. The van der Waals surface area contributed by atoms with Crippen LogP contribution in [0.25, 0.3) is 0 Å². The zero-order valence-electron chi connectivity index (χ0n) is 16.1. The summed E-state index contributed by atoms with van der Waals surface area (Å²) in [5.74, 6) is 1.78. The number of aryl methyl sites for hydroxylation is 2.